The van der Waals surface area contributed by atoms with Crippen molar-refractivity contribution in [2.75, 3.05) is 38.2 Å². The minimum Gasteiger partial charge on any atom is -0.480 e. The van der Waals surface area contributed by atoms with Crippen LogP contribution in [-0.4, -0.2) is 53.1 Å². The molecule has 1 fully saturated rings. The molecule has 0 N–H and O–H groups in total. The first-order valence-electron chi connectivity index (χ1n) is 7.73. The summed E-state index contributed by atoms with van der Waals surface area (Å²) in [7, 11) is 1.57. The maximum atomic E-state index is 11.1. The number of hydrogen-bond acceptors (Lipinski definition) is 7. The number of nitro groups is 1. The quantitative estimate of drug-likeness (QED) is 0.610. The van der Waals surface area contributed by atoms with E-state index in [9.17, 15) is 10.1 Å². The number of ether oxygens (including phenoxy) is 1. The molecule has 3 rings (SSSR count). The zero-order valence-electron chi connectivity index (χ0n) is 13.5. The van der Waals surface area contributed by atoms with Gasteiger partial charge in [0.05, 0.1) is 24.4 Å². The molecule has 1 saturated heterocycles. The highest BCUT2D eigenvalue weighted by Gasteiger charge is 2.21. The van der Waals surface area contributed by atoms with Gasteiger partial charge in [0, 0.05) is 44.4 Å². The molecule has 24 heavy (non-hydrogen) atoms. The first kappa shape index (κ1) is 16.1. The van der Waals surface area contributed by atoms with Crippen LogP contribution in [0.5, 0.6) is 5.88 Å². The molecule has 1 aromatic heterocycles. The van der Waals surface area contributed by atoms with Crippen molar-refractivity contribution in [3.8, 4) is 5.88 Å². The molecule has 0 atom stereocenters. The summed E-state index contributed by atoms with van der Waals surface area (Å²) in [5.74, 6) is 1.29. The van der Waals surface area contributed by atoms with Crippen molar-refractivity contribution in [1.29, 1.82) is 0 Å². The number of piperazine rings is 1. The van der Waals surface area contributed by atoms with Crippen LogP contribution < -0.4 is 9.64 Å². The maximum absolute atomic E-state index is 11.1. The van der Waals surface area contributed by atoms with Gasteiger partial charge in [-0.1, -0.05) is 18.2 Å². The number of nitro benzene ring substituents is 1. The lowest BCUT2D eigenvalue weighted by atomic mass is 10.1. The summed E-state index contributed by atoms with van der Waals surface area (Å²) in [6.45, 7) is 3.79. The van der Waals surface area contributed by atoms with Crippen molar-refractivity contribution in [1.82, 2.24) is 14.9 Å². The molecule has 1 aliphatic rings. The van der Waals surface area contributed by atoms with E-state index in [1.807, 2.05) is 12.1 Å². The lowest BCUT2D eigenvalue weighted by Crippen LogP contribution is -2.46. The van der Waals surface area contributed by atoms with Gasteiger partial charge in [0.15, 0.2) is 5.82 Å². The number of methoxy groups -OCH3 is 1. The van der Waals surface area contributed by atoms with Gasteiger partial charge in [-0.05, 0) is 0 Å². The summed E-state index contributed by atoms with van der Waals surface area (Å²) < 4.78 is 5.11. The van der Waals surface area contributed by atoms with E-state index < -0.39 is 0 Å². The number of anilines is 1. The Labute approximate surface area is 139 Å². The van der Waals surface area contributed by atoms with E-state index >= 15 is 0 Å². The van der Waals surface area contributed by atoms with Gasteiger partial charge in [-0.3, -0.25) is 20.0 Å². The number of benzene rings is 1. The van der Waals surface area contributed by atoms with Crippen LogP contribution in [0.15, 0.2) is 36.7 Å². The number of hydrogen-bond donors (Lipinski definition) is 0. The fraction of sp³-hybridized carbons (Fsp3) is 0.375. The summed E-state index contributed by atoms with van der Waals surface area (Å²) in [6.07, 6.45) is 3.30. The Kier molecular flexibility index (Phi) is 4.85. The van der Waals surface area contributed by atoms with Gasteiger partial charge < -0.3 is 9.64 Å². The second kappa shape index (κ2) is 7.22. The molecule has 8 nitrogen and oxygen atoms in total. The van der Waals surface area contributed by atoms with Gasteiger partial charge >= 0.3 is 0 Å². The standard InChI is InChI=1S/C16H19N5O3/c1-24-16-11-17-10-15(18-16)20-8-6-19(7-9-20)12-13-4-2-3-5-14(13)21(22)23/h2-5,10-11H,6-9,12H2,1H3. The zero-order valence-corrected chi connectivity index (χ0v) is 13.5. The zero-order chi connectivity index (χ0) is 16.9. The molecule has 0 bridgehead atoms. The average molecular weight is 329 g/mol. The molecule has 8 heteroatoms. The van der Waals surface area contributed by atoms with Crippen LogP contribution in [0.25, 0.3) is 0 Å². The van der Waals surface area contributed by atoms with Crippen LogP contribution in [0.3, 0.4) is 0 Å². The van der Waals surface area contributed by atoms with E-state index in [4.69, 9.17) is 4.74 Å². The molecule has 0 spiro atoms. The summed E-state index contributed by atoms with van der Waals surface area (Å²) in [4.78, 5) is 23.7. The van der Waals surface area contributed by atoms with Crippen molar-refractivity contribution in [3.63, 3.8) is 0 Å². The van der Waals surface area contributed by atoms with Crippen LogP contribution in [0.2, 0.25) is 0 Å². The third kappa shape index (κ3) is 3.60. The second-order valence-electron chi connectivity index (χ2n) is 5.57. The molecule has 1 aromatic carbocycles. The minimum atomic E-state index is -0.322. The van der Waals surface area contributed by atoms with Crippen molar-refractivity contribution in [2.24, 2.45) is 0 Å². The normalized spacial score (nSPS) is 15.3. The van der Waals surface area contributed by atoms with Crippen LogP contribution in [-0.2, 0) is 6.54 Å². The highest BCUT2D eigenvalue weighted by atomic mass is 16.6. The number of para-hydroxylation sites is 1. The molecule has 0 amide bonds. The lowest BCUT2D eigenvalue weighted by Gasteiger charge is -2.35. The Morgan fingerprint density at radius 3 is 2.67 bits per heavy atom. The molecular formula is C16H19N5O3. The van der Waals surface area contributed by atoms with Crippen LogP contribution in [0.1, 0.15) is 5.56 Å². The van der Waals surface area contributed by atoms with Crippen molar-refractivity contribution in [2.45, 2.75) is 6.54 Å². The summed E-state index contributed by atoms with van der Waals surface area (Å²) >= 11 is 0. The Hall–Kier alpha value is -2.74. The van der Waals surface area contributed by atoms with Crippen molar-refractivity contribution < 1.29 is 9.66 Å². The molecule has 0 aliphatic carbocycles. The molecule has 0 unspecified atom stereocenters. The van der Waals surface area contributed by atoms with Crippen LogP contribution in [0.4, 0.5) is 11.5 Å². The van der Waals surface area contributed by atoms with Gasteiger partial charge in [-0.15, -0.1) is 0 Å². The monoisotopic (exact) mass is 329 g/mol. The third-order valence-electron chi connectivity index (χ3n) is 4.09. The first-order valence-corrected chi connectivity index (χ1v) is 7.73. The topological polar surface area (TPSA) is 84.6 Å². The van der Waals surface area contributed by atoms with Gasteiger partial charge in [0.25, 0.3) is 5.69 Å². The summed E-state index contributed by atoms with van der Waals surface area (Å²) in [5, 5.41) is 11.1. The van der Waals surface area contributed by atoms with Crippen LogP contribution in [0, 0.1) is 10.1 Å². The summed E-state index contributed by atoms with van der Waals surface area (Å²) in [6, 6.07) is 6.90. The molecule has 126 valence electrons. The highest BCUT2D eigenvalue weighted by molar-refractivity contribution is 5.40. The fourth-order valence-corrected chi connectivity index (χ4v) is 2.79. The number of rotatable bonds is 5. The average Bonchev–Trinajstić information content (AvgIpc) is 2.62. The van der Waals surface area contributed by atoms with Gasteiger partial charge in [-0.2, -0.15) is 4.98 Å². The summed E-state index contributed by atoms with van der Waals surface area (Å²) in [5.41, 5.74) is 0.927. The minimum absolute atomic E-state index is 0.179. The maximum Gasteiger partial charge on any atom is 0.273 e. The Morgan fingerprint density at radius 1 is 1.21 bits per heavy atom. The second-order valence-corrected chi connectivity index (χ2v) is 5.57. The van der Waals surface area contributed by atoms with Gasteiger partial charge in [0.1, 0.15) is 0 Å². The predicted octanol–water partition coefficient (Wildman–Crippen LogP) is 1.72. The fourth-order valence-electron chi connectivity index (χ4n) is 2.79. The number of nitrogens with zero attached hydrogens (tertiary/aromatic N) is 5. The lowest BCUT2D eigenvalue weighted by molar-refractivity contribution is -0.385. The molecule has 2 aromatic rings. The Balaban J connectivity index is 1.62. The predicted molar refractivity (Wildman–Crippen MR) is 89.2 cm³/mol. The molecule has 2 heterocycles. The highest BCUT2D eigenvalue weighted by Crippen LogP contribution is 2.21. The van der Waals surface area contributed by atoms with Gasteiger partial charge in [-0.25, -0.2) is 0 Å². The van der Waals surface area contributed by atoms with Gasteiger partial charge in [0.2, 0.25) is 5.88 Å². The third-order valence-corrected chi connectivity index (χ3v) is 4.09. The number of aromatic nitrogens is 2. The van der Waals surface area contributed by atoms with Crippen molar-refractivity contribution in [3.05, 3.63) is 52.3 Å². The van der Waals surface area contributed by atoms with E-state index in [-0.39, 0.29) is 10.6 Å². The Morgan fingerprint density at radius 2 is 1.96 bits per heavy atom. The van der Waals surface area contributed by atoms with E-state index in [0.717, 1.165) is 37.6 Å². The molecule has 1 aliphatic heterocycles. The van der Waals surface area contributed by atoms with E-state index in [1.54, 1.807) is 31.6 Å². The molecular weight excluding hydrogens is 310 g/mol. The Bertz CT molecular complexity index is 716. The first-order chi connectivity index (χ1) is 11.7. The molecule has 0 saturated carbocycles. The van der Waals surface area contributed by atoms with E-state index in [1.165, 1.54) is 0 Å². The largest absolute Gasteiger partial charge is 0.480 e. The van der Waals surface area contributed by atoms with Crippen LogP contribution >= 0.6 is 0 Å². The molecule has 0 radical (unpaired) electrons. The SMILES string of the molecule is COc1cncc(N2CCN(Cc3ccccc3[N+](=O)[O-])CC2)n1. The van der Waals surface area contributed by atoms with E-state index in [2.05, 4.69) is 19.8 Å². The van der Waals surface area contributed by atoms with E-state index in [0.29, 0.717) is 12.4 Å². The smallest absolute Gasteiger partial charge is 0.273 e. The van der Waals surface area contributed by atoms with Crippen molar-refractivity contribution >= 4 is 11.5 Å².